The first-order chi connectivity index (χ1) is 6.63. The van der Waals surface area contributed by atoms with E-state index in [1.54, 1.807) is 0 Å². The molecule has 0 amide bonds. The van der Waals surface area contributed by atoms with Crippen LogP contribution in [0.4, 0.5) is 0 Å². The Hall–Kier alpha value is -1.34. The average Bonchev–Trinajstić information content (AvgIpc) is 2.62. The van der Waals surface area contributed by atoms with Gasteiger partial charge >= 0.3 is 13.1 Å². The Morgan fingerprint density at radius 2 is 2.43 bits per heavy atom. The predicted octanol–water partition coefficient (Wildman–Crippen LogP) is -1.87. The normalized spacial score (nSPS) is 9.93. The largest absolute Gasteiger partial charge is 0.491 e. The summed E-state index contributed by atoms with van der Waals surface area (Å²) < 4.78 is 5.90. The summed E-state index contributed by atoms with van der Waals surface area (Å²) in [6.07, 6.45) is 3.01. The zero-order chi connectivity index (χ0) is 10.6. The molecule has 0 atom stereocenters. The minimum absolute atomic E-state index is 0.207. The lowest BCUT2D eigenvalue weighted by atomic mass is 9.83. The Kier molecular flexibility index (Phi) is 3.67. The van der Waals surface area contributed by atoms with Gasteiger partial charge in [-0.25, -0.2) is 0 Å². The molecule has 1 rings (SSSR count). The predicted molar refractivity (Wildman–Crippen MR) is 48.7 cm³/mol. The summed E-state index contributed by atoms with van der Waals surface area (Å²) in [6, 6.07) is 0. The molecule has 6 nitrogen and oxygen atoms in total. The lowest BCUT2D eigenvalue weighted by Gasteiger charge is -1.99. The maximum Gasteiger partial charge on any atom is 0.491 e. The highest BCUT2D eigenvalue weighted by Gasteiger charge is 2.13. The summed E-state index contributed by atoms with van der Waals surface area (Å²) in [5.41, 5.74) is 0.301. The van der Waals surface area contributed by atoms with E-state index in [9.17, 15) is 4.79 Å². The second-order valence-electron chi connectivity index (χ2n) is 2.74. The van der Waals surface area contributed by atoms with E-state index in [0.29, 0.717) is 12.0 Å². The van der Waals surface area contributed by atoms with Gasteiger partial charge in [0, 0.05) is 17.9 Å². The van der Waals surface area contributed by atoms with Gasteiger partial charge in [0.25, 0.3) is 0 Å². The molecule has 0 aliphatic carbocycles. The Morgan fingerprint density at radius 1 is 1.71 bits per heavy atom. The van der Waals surface area contributed by atoms with Crippen LogP contribution in [0.15, 0.2) is 12.4 Å². The van der Waals surface area contributed by atoms with Gasteiger partial charge in [0.15, 0.2) is 0 Å². The van der Waals surface area contributed by atoms with E-state index in [1.165, 1.54) is 24.2 Å². The van der Waals surface area contributed by atoms with E-state index < -0.39 is 7.12 Å². The molecule has 2 N–H and O–H groups in total. The highest BCUT2D eigenvalue weighted by Crippen LogP contribution is 1.90. The van der Waals surface area contributed by atoms with Gasteiger partial charge in [0.2, 0.25) is 0 Å². The Morgan fingerprint density at radius 3 is 2.93 bits per heavy atom. The second kappa shape index (κ2) is 4.78. The third-order valence-electron chi connectivity index (χ3n) is 1.72. The number of hydrogen-bond donors (Lipinski definition) is 2. The molecule has 0 bridgehead atoms. The molecule has 0 aliphatic rings. The summed E-state index contributed by atoms with van der Waals surface area (Å²) in [7, 11) is -0.212. The average molecular weight is 198 g/mol. The van der Waals surface area contributed by atoms with Gasteiger partial charge in [-0.05, 0) is 0 Å². The van der Waals surface area contributed by atoms with Crippen molar-refractivity contribution >= 4 is 18.6 Å². The number of ether oxygens (including phenoxy) is 1. The zero-order valence-electron chi connectivity index (χ0n) is 7.75. The fourth-order valence-corrected chi connectivity index (χ4v) is 0.943. The van der Waals surface area contributed by atoms with E-state index in [1.807, 2.05) is 0 Å². The first kappa shape index (κ1) is 10.7. The van der Waals surface area contributed by atoms with E-state index in [0.717, 1.165) is 0 Å². The molecular formula is C7H11BN2O4. The molecule has 7 heteroatoms. The summed E-state index contributed by atoms with van der Waals surface area (Å²) >= 11 is 0. The Bertz CT molecular complexity index is 312. The van der Waals surface area contributed by atoms with Gasteiger partial charge in [-0.3, -0.25) is 9.48 Å². The van der Waals surface area contributed by atoms with Crippen LogP contribution in [0.5, 0.6) is 0 Å². The summed E-state index contributed by atoms with van der Waals surface area (Å²) in [6.45, 7) is 0.361. The van der Waals surface area contributed by atoms with Gasteiger partial charge < -0.3 is 14.8 Å². The smallest absolute Gasteiger partial charge is 0.469 e. The number of carbonyl (C=O) groups is 1. The third kappa shape index (κ3) is 2.86. The molecule has 76 valence electrons. The van der Waals surface area contributed by atoms with Crippen LogP contribution < -0.4 is 5.46 Å². The van der Waals surface area contributed by atoms with Crippen molar-refractivity contribution in [2.45, 2.75) is 13.0 Å². The molecule has 1 heterocycles. The second-order valence-corrected chi connectivity index (χ2v) is 2.74. The topological polar surface area (TPSA) is 84.6 Å². The number of aromatic nitrogens is 2. The van der Waals surface area contributed by atoms with Crippen molar-refractivity contribution < 1.29 is 19.6 Å². The lowest BCUT2D eigenvalue weighted by Crippen LogP contribution is -2.28. The standard InChI is InChI=1S/C7H11BN2O4/c1-14-7(11)2-3-10-5-6(4-9-10)8(12)13/h4-5,12-13H,2-3H2,1H3. The minimum Gasteiger partial charge on any atom is -0.469 e. The third-order valence-corrected chi connectivity index (χ3v) is 1.72. The number of carbonyl (C=O) groups excluding carboxylic acids is 1. The van der Waals surface area contributed by atoms with Crippen molar-refractivity contribution in [2.24, 2.45) is 0 Å². The molecule has 0 fully saturated rings. The molecule has 0 aromatic carbocycles. The molecule has 0 saturated heterocycles. The number of hydrogen-bond acceptors (Lipinski definition) is 5. The first-order valence-electron chi connectivity index (χ1n) is 4.09. The highest BCUT2D eigenvalue weighted by molar-refractivity contribution is 6.58. The molecule has 0 unspecified atom stereocenters. The van der Waals surface area contributed by atoms with Crippen molar-refractivity contribution in [3.8, 4) is 0 Å². The van der Waals surface area contributed by atoms with Gasteiger partial charge in [0.05, 0.1) is 20.1 Å². The SMILES string of the molecule is COC(=O)CCn1cc(B(O)O)cn1. The first-order valence-corrected chi connectivity index (χ1v) is 4.09. The van der Waals surface area contributed by atoms with Crippen LogP contribution in [0.3, 0.4) is 0 Å². The minimum atomic E-state index is -1.53. The number of aryl methyl sites for hydroxylation is 1. The number of nitrogens with zero attached hydrogens (tertiary/aromatic N) is 2. The van der Waals surface area contributed by atoms with Crippen molar-refractivity contribution in [3.63, 3.8) is 0 Å². The summed E-state index contributed by atoms with van der Waals surface area (Å²) in [5, 5.41) is 21.4. The van der Waals surface area contributed by atoms with Crippen molar-refractivity contribution in [3.05, 3.63) is 12.4 Å². The maximum atomic E-state index is 10.8. The van der Waals surface area contributed by atoms with Crippen LogP contribution in [0, 0.1) is 0 Å². The lowest BCUT2D eigenvalue weighted by molar-refractivity contribution is -0.140. The molecule has 0 saturated carbocycles. The van der Waals surface area contributed by atoms with Crippen LogP contribution >= 0.6 is 0 Å². The van der Waals surface area contributed by atoms with E-state index in [4.69, 9.17) is 10.0 Å². The fraction of sp³-hybridized carbons (Fsp3) is 0.429. The van der Waals surface area contributed by atoms with Crippen molar-refractivity contribution in [1.29, 1.82) is 0 Å². The van der Waals surface area contributed by atoms with Crippen LogP contribution in [0.25, 0.3) is 0 Å². The van der Waals surface area contributed by atoms with Gasteiger partial charge in [-0.1, -0.05) is 0 Å². The van der Waals surface area contributed by atoms with E-state index in [-0.39, 0.29) is 12.4 Å². The Balaban J connectivity index is 2.48. The monoisotopic (exact) mass is 198 g/mol. The molecule has 14 heavy (non-hydrogen) atoms. The van der Waals surface area contributed by atoms with Crippen molar-refractivity contribution in [2.75, 3.05) is 7.11 Å². The van der Waals surface area contributed by atoms with Crippen LogP contribution in [-0.4, -0.2) is 40.0 Å². The van der Waals surface area contributed by atoms with Gasteiger partial charge in [-0.15, -0.1) is 0 Å². The highest BCUT2D eigenvalue weighted by atomic mass is 16.5. The van der Waals surface area contributed by atoms with E-state index >= 15 is 0 Å². The maximum absolute atomic E-state index is 10.8. The number of methoxy groups -OCH3 is 1. The summed E-state index contributed by atoms with van der Waals surface area (Å²) in [4.78, 5) is 10.8. The van der Waals surface area contributed by atoms with Crippen LogP contribution in [-0.2, 0) is 16.1 Å². The molecular weight excluding hydrogens is 187 g/mol. The molecule has 0 spiro atoms. The van der Waals surface area contributed by atoms with Crippen LogP contribution in [0.2, 0.25) is 0 Å². The number of rotatable bonds is 4. The summed E-state index contributed by atoms with van der Waals surface area (Å²) in [5.74, 6) is -0.327. The quantitative estimate of drug-likeness (QED) is 0.437. The number of esters is 1. The Labute approximate surface area is 81.3 Å². The van der Waals surface area contributed by atoms with E-state index in [2.05, 4.69) is 9.84 Å². The van der Waals surface area contributed by atoms with Gasteiger partial charge in [-0.2, -0.15) is 5.10 Å². The fourth-order valence-electron chi connectivity index (χ4n) is 0.943. The molecule has 0 radical (unpaired) electrons. The molecule has 0 aliphatic heterocycles. The van der Waals surface area contributed by atoms with Gasteiger partial charge in [0.1, 0.15) is 0 Å². The zero-order valence-corrected chi connectivity index (χ0v) is 7.75. The molecule has 1 aromatic rings. The molecule has 1 aromatic heterocycles. The van der Waals surface area contributed by atoms with Crippen molar-refractivity contribution in [1.82, 2.24) is 9.78 Å². The van der Waals surface area contributed by atoms with Crippen LogP contribution in [0.1, 0.15) is 6.42 Å².